The summed E-state index contributed by atoms with van der Waals surface area (Å²) in [5, 5.41) is 6.65. The second-order valence-corrected chi connectivity index (χ2v) is 6.79. The number of nitrogens with one attached hydrogen (secondary N) is 2. The van der Waals surface area contributed by atoms with Gasteiger partial charge in [0.05, 0.1) is 6.04 Å². The minimum atomic E-state index is -0.0326. The van der Waals surface area contributed by atoms with E-state index >= 15 is 0 Å². The first kappa shape index (κ1) is 22.7. The fourth-order valence-corrected chi connectivity index (χ4v) is 2.69. The third kappa shape index (κ3) is 8.26. The molecule has 27 heavy (non-hydrogen) atoms. The molecule has 1 aromatic carbocycles. The smallest absolute Gasteiger partial charge is 0.243 e. The van der Waals surface area contributed by atoms with Gasteiger partial charge in [0.2, 0.25) is 5.91 Å². The Labute approximate surface area is 164 Å². The van der Waals surface area contributed by atoms with E-state index in [-0.39, 0.29) is 18.5 Å². The van der Waals surface area contributed by atoms with Gasteiger partial charge in [-0.25, -0.2) is 4.99 Å². The van der Waals surface area contributed by atoms with Gasteiger partial charge in [0.1, 0.15) is 6.54 Å². The normalized spacial score (nSPS) is 12.6. The van der Waals surface area contributed by atoms with E-state index in [1.807, 2.05) is 13.0 Å². The molecule has 0 aliphatic rings. The van der Waals surface area contributed by atoms with Crippen LogP contribution in [0.3, 0.4) is 0 Å². The van der Waals surface area contributed by atoms with Gasteiger partial charge in [0, 0.05) is 27.2 Å². The first-order valence-corrected chi connectivity index (χ1v) is 9.54. The SMILES string of the molecule is C=C(C)CNC(=NCC(=O)N(C)C)NCC(c1ccccc1)N(CC)CC. The average Bonchev–Trinajstić information content (AvgIpc) is 2.66. The lowest BCUT2D eigenvalue weighted by atomic mass is 10.1. The Morgan fingerprint density at radius 2 is 1.78 bits per heavy atom. The fourth-order valence-electron chi connectivity index (χ4n) is 2.69. The van der Waals surface area contributed by atoms with E-state index in [0.29, 0.717) is 19.0 Å². The highest BCUT2D eigenvalue weighted by atomic mass is 16.2. The molecule has 0 saturated heterocycles. The predicted octanol–water partition coefficient (Wildman–Crippen LogP) is 2.27. The molecule has 0 aromatic heterocycles. The third-order valence-electron chi connectivity index (χ3n) is 4.33. The zero-order valence-electron chi connectivity index (χ0n) is 17.5. The predicted molar refractivity (Wildman–Crippen MR) is 114 cm³/mol. The van der Waals surface area contributed by atoms with E-state index in [0.717, 1.165) is 18.7 Å². The Bertz CT molecular complexity index is 608. The summed E-state index contributed by atoms with van der Waals surface area (Å²) in [6.07, 6.45) is 0. The number of nitrogens with zero attached hydrogens (tertiary/aromatic N) is 3. The molecular formula is C21H35N5O. The van der Waals surface area contributed by atoms with E-state index in [2.05, 4.69) is 65.2 Å². The number of likely N-dealkylation sites (N-methyl/N-ethyl adjacent to an activating group) is 2. The van der Waals surface area contributed by atoms with Crippen LogP contribution < -0.4 is 10.6 Å². The molecule has 2 N–H and O–H groups in total. The maximum atomic E-state index is 11.9. The van der Waals surface area contributed by atoms with Crippen LogP contribution in [0, 0.1) is 0 Å². The highest BCUT2D eigenvalue weighted by molar-refractivity contribution is 5.84. The van der Waals surface area contributed by atoms with Gasteiger partial charge in [-0.15, -0.1) is 0 Å². The minimum Gasteiger partial charge on any atom is -0.354 e. The largest absolute Gasteiger partial charge is 0.354 e. The molecule has 0 heterocycles. The Balaban J connectivity index is 2.90. The number of hydrogen-bond acceptors (Lipinski definition) is 3. The van der Waals surface area contributed by atoms with Gasteiger partial charge < -0.3 is 15.5 Å². The van der Waals surface area contributed by atoms with Crippen molar-refractivity contribution < 1.29 is 4.79 Å². The van der Waals surface area contributed by atoms with Crippen LogP contribution in [0.1, 0.15) is 32.4 Å². The van der Waals surface area contributed by atoms with Crippen LogP contribution in [0.5, 0.6) is 0 Å². The Morgan fingerprint density at radius 1 is 1.15 bits per heavy atom. The zero-order valence-corrected chi connectivity index (χ0v) is 17.5. The lowest BCUT2D eigenvalue weighted by molar-refractivity contribution is -0.127. The average molecular weight is 374 g/mol. The first-order valence-electron chi connectivity index (χ1n) is 9.54. The van der Waals surface area contributed by atoms with Crippen LogP contribution in [0.2, 0.25) is 0 Å². The van der Waals surface area contributed by atoms with Gasteiger partial charge in [-0.1, -0.05) is 56.3 Å². The molecule has 6 heteroatoms. The van der Waals surface area contributed by atoms with E-state index in [9.17, 15) is 4.79 Å². The molecule has 0 aliphatic carbocycles. The number of guanidine groups is 1. The summed E-state index contributed by atoms with van der Waals surface area (Å²) >= 11 is 0. The molecule has 1 unspecified atom stereocenters. The Morgan fingerprint density at radius 3 is 2.30 bits per heavy atom. The van der Waals surface area contributed by atoms with Crippen molar-refractivity contribution in [1.29, 1.82) is 0 Å². The summed E-state index contributed by atoms with van der Waals surface area (Å²) in [5.41, 5.74) is 2.27. The number of aliphatic imine (C=N–C) groups is 1. The number of benzene rings is 1. The maximum Gasteiger partial charge on any atom is 0.243 e. The molecule has 0 bridgehead atoms. The maximum absolute atomic E-state index is 11.9. The van der Waals surface area contributed by atoms with Crippen molar-refractivity contribution in [2.24, 2.45) is 4.99 Å². The summed E-state index contributed by atoms with van der Waals surface area (Å²) in [5.74, 6) is 0.594. The van der Waals surface area contributed by atoms with Crippen molar-refractivity contribution >= 4 is 11.9 Å². The van der Waals surface area contributed by atoms with Crippen molar-refractivity contribution in [1.82, 2.24) is 20.4 Å². The summed E-state index contributed by atoms with van der Waals surface area (Å²) in [4.78, 5) is 20.3. The topological polar surface area (TPSA) is 60.0 Å². The van der Waals surface area contributed by atoms with Gasteiger partial charge >= 0.3 is 0 Å². The van der Waals surface area contributed by atoms with Gasteiger partial charge in [-0.2, -0.15) is 0 Å². The molecule has 1 aromatic rings. The van der Waals surface area contributed by atoms with Crippen LogP contribution in [-0.4, -0.2) is 68.5 Å². The van der Waals surface area contributed by atoms with Crippen LogP contribution in [-0.2, 0) is 4.79 Å². The number of carbonyl (C=O) groups excluding carboxylic acids is 1. The van der Waals surface area contributed by atoms with Crippen LogP contribution in [0.25, 0.3) is 0 Å². The van der Waals surface area contributed by atoms with Crippen molar-refractivity contribution in [2.45, 2.75) is 26.8 Å². The molecule has 1 amide bonds. The molecule has 0 aliphatic heterocycles. The number of amides is 1. The fraction of sp³-hybridized carbons (Fsp3) is 0.524. The number of hydrogen-bond donors (Lipinski definition) is 2. The highest BCUT2D eigenvalue weighted by Gasteiger charge is 2.18. The molecule has 1 atom stereocenters. The molecule has 6 nitrogen and oxygen atoms in total. The monoisotopic (exact) mass is 373 g/mol. The van der Waals surface area contributed by atoms with Gasteiger partial charge in [-0.3, -0.25) is 9.69 Å². The van der Waals surface area contributed by atoms with Gasteiger partial charge in [-0.05, 0) is 25.6 Å². The number of rotatable bonds is 10. The summed E-state index contributed by atoms with van der Waals surface area (Å²) in [7, 11) is 3.47. The molecule has 0 fully saturated rings. The minimum absolute atomic E-state index is 0.0326. The van der Waals surface area contributed by atoms with Crippen LogP contribution in [0.15, 0.2) is 47.5 Å². The molecule has 0 radical (unpaired) electrons. The van der Waals surface area contributed by atoms with Crippen molar-refractivity contribution in [3.05, 3.63) is 48.0 Å². The third-order valence-corrected chi connectivity index (χ3v) is 4.33. The van der Waals surface area contributed by atoms with E-state index in [1.165, 1.54) is 5.56 Å². The zero-order chi connectivity index (χ0) is 20.2. The van der Waals surface area contributed by atoms with Crippen molar-refractivity contribution in [3.8, 4) is 0 Å². The second-order valence-electron chi connectivity index (χ2n) is 6.79. The summed E-state index contributed by atoms with van der Waals surface area (Å²) in [6, 6.07) is 10.7. The molecule has 1 rings (SSSR count). The second kappa shape index (κ2) is 12.1. The van der Waals surface area contributed by atoms with E-state index in [1.54, 1.807) is 19.0 Å². The quantitative estimate of drug-likeness (QED) is 0.375. The Kier molecular flexibility index (Phi) is 10.2. The van der Waals surface area contributed by atoms with E-state index in [4.69, 9.17) is 0 Å². The molecule has 0 saturated carbocycles. The number of carbonyl (C=O) groups is 1. The van der Waals surface area contributed by atoms with Gasteiger partial charge in [0.15, 0.2) is 5.96 Å². The van der Waals surface area contributed by atoms with Crippen molar-refractivity contribution in [2.75, 3.05) is 46.8 Å². The lowest BCUT2D eigenvalue weighted by Gasteiger charge is -2.31. The highest BCUT2D eigenvalue weighted by Crippen LogP contribution is 2.19. The summed E-state index contributed by atoms with van der Waals surface area (Å²) in [6.45, 7) is 13.6. The van der Waals surface area contributed by atoms with Crippen LogP contribution in [0.4, 0.5) is 0 Å². The van der Waals surface area contributed by atoms with Crippen LogP contribution >= 0.6 is 0 Å². The van der Waals surface area contributed by atoms with Gasteiger partial charge in [0.25, 0.3) is 0 Å². The molecular weight excluding hydrogens is 338 g/mol. The van der Waals surface area contributed by atoms with E-state index < -0.39 is 0 Å². The lowest BCUT2D eigenvalue weighted by Crippen LogP contribution is -2.44. The molecule has 0 spiro atoms. The first-order chi connectivity index (χ1) is 12.9. The standard InChI is InChI=1S/C21H35N5O/c1-7-26(8-2)19(18-12-10-9-11-13-18)15-23-21(22-14-17(3)4)24-16-20(27)25(5)6/h9-13,19H,3,7-8,14-16H2,1-2,4-6H3,(H2,22,23,24). The summed E-state index contributed by atoms with van der Waals surface area (Å²) < 4.78 is 0. The molecule has 150 valence electrons. The van der Waals surface area contributed by atoms with Crippen molar-refractivity contribution in [3.63, 3.8) is 0 Å². The Hall–Kier alpha value is -2.34.